The Balaban J connectivity index is 1.99. The maximum absolute atomic E-state index is 13.4. The number of nitrogens with one attached hydrogen (secondary N) is 1. The molecule has 4 heteroatoms. The third kappa shape index (κ3) is 4.48. The standard InChI is InChI=1S/C17H26F2N2/c1-2-3-4-12-5-7-13(8-6-12)17(21-20)14-9-15(18)11-16(19)10-14/h9-13,17,21H,2-8,20H2,1H3. The van der Waals surface area contributed by atoms with Gasteiger partial charge in [-0.2, -0.15) is 0 Å². The number of hydrogen-bond acceptors (Lipinski definition) is 2. The normalized spacial score (nSPS) is 24.0. The van der Waals surface area contributed by atoms with E-state index in [1.807, 2.05) is 0 Å². The highest BCUT2D eigenvalue weighted by Gasteiger charge is 2.28. The van der Waals surface area contributed by atoms with Gasteiger partial charge in [0, 0.05) is 12.1 Å². The number of benzene rings is 1. The minimum atomic E-state index is -0.540. The van der Waals surface area contributed by atoms with Crippen LogP contribution in [-0.4, -0.2) is 0 Å². The van der Waals surface area contributed by atoms with E-state index in [9.17, 15) is 8.78 Å². The molecule has 0 heterocycles. The fraction of sp³-hybridized carbons (Fsp3) is 0.647. The van der Waals surface area contributed by atoms with E-state index in [1.54, 1.807) is 0 Å². The van der Waals surface area contributed by atoms with E-state index in [0.717, 1.165) is 24.8 Å². The summed E-state index contributed by atoms with van der Waals surface area (Å²) >= 11 is 0. The Morgan fingerprint density at radius 2 is 1.76 bits per heavy atom. The van der Waals surface area contributed by atoms with Crippen LogP contribution in [0.4, 0.5) is 8.78 Å². The molecule has 1 unspecified atom stereocenters. The largest absolute Gasteiger partial charge is 0.271 e. The molecule has 1 aliphatic rings. The van der Waals surface area contributed by atoms with Gasteiger partial charge in [-0.25, -0.2) is 8.78 Å². The molecule has 1 atom stereocenters. The maximum Gasteiger partial charge on any atom is 0.126 e. The second kappa shape index (κ2) is 7.85. The Morgan fingerprint density at radius 1 is 1.14 bits per heavy atom. The van der Waals surface area contributed by atoms with Crippen molar-refractivity contribution < 1.29 is 8.78 Å². The molecule has 118 valence electrons. The summed E-state index contributed by atoms with van der Waals surface area (Å²) < 4.78 is 26.8. The third-order valence-electron chi connectivity index (χ3n) is 4.75. The number of nitrogens with two attached hydrogens (primary N) is 1. The zero-order valence-electron chi connectivity index (χ0n) is 12.7. The molecule has 1 aromatic rings. The summed E-state index contributed by atoms with van der Waals surface area (Å²) in [7, 11) is 0. The Bertz CT molecular complexity index is 422. The zero-order valence-corrected chi connectivity index (χ0v) is 12.7. The minimum Gasteiger partial charge on any atom is -0.271 e. The SMILES string of the molecule is CCCCC1CCC(C(NN)c2cc(F)cc(F)c2)CC1. The van der Waals surface area contributed by atoms with E-state index in [1.165, 1.54) is 44.2 Å². The minimum absolute atomic E-state index is 0.165. The first-order chi connectivity index (χ1) is 10.1. The van der Waals surface area contributed by atoms with Crippen LogP contribution >= 0.6 is 0 Å². The van der Waals surface area contributed by atoms with Crippen LogP contribution in [0.5, 0.6) is 0 Å². The number of rotatable bonds is 6. The van der Waals surface area contributed by atoms with Crippen molar-refractivity contribution in [1.29, 1.82) is 0 Å². The van der Waals surface area contributed by atoms with Gasteiger partial charge in [0.15, 0.2) is 0 Å². The van der Waals surface area contributed by atoms with Crippen LogP contribution < -0.4 is 11.3 Å². The van der Waals surface area contributed by atoms with Gasteiger partial charge in [-0.15, -0.1) is 0 Å². The van der Waals surface area contributed by atoms with Gasteiger partial charge in [-0.3, -0.25) is 11.3 Å². The first-order valence-corrected chi connectivity index (χ1v) is 8.06. The molecule has 0 saturated heterocycles. The number of halogens is 2. The average Bonchev–Trinajstić information content (AvgIpc) is 2.46. The second-order valence-electron chi connectivity index (χ2n) is 6.27. The summed E-state index contributed by atoms with van der Waals surface area (Å²) in [5, 5.41) is 0. The van der Waals surface area contributed by atoms with Crippen LogP contribution in [0.15, 0.2) is 18.2 Å². The summed E-state index contributed by atoms with van der Waals surface area (Å²) in [6.07, 6.45) is 8.38. The van der Waals surface area contributed by atoms with Gasteiger partial charge in [-0.1, -0.05) is 39.0 Å². The Morgan fingerprint density at radius 3 is 2.29 bits per heavy atom. The molecule has 1 aromatic carbocycles. The summed E-state index contributed by atoms with van der Waals surface area (Å²) in [5.74, 6) is 5.74. The zero-order chi connectivity index (χ0) is 15.2. The van der Waals surface area contributed by atoms with Crippen LogP contribution in [0, 0.1) is 23.5 Å². The van der Waals surface area contributed by atoms with Crippen molar-refractivity contribution in [2.45, 2.75) is 57.9 Å². The molecule has 0 aromatic heterocycles. The summed E-state index contributed by atoms with van der Waals surface area (Å²) in [6.45, 7) is 2.22. The van der Waals surface area contributed by atoms with Crippen molar-refractivity contribution in [1.82, 2.24) is 5.43 Å². The Labute approximate surface area is 126 Å². The quantitative estimate of drug-likeness (QED) is 0.600. The number of hydrazine groups is 1. The summed E-state index contributed by atoms with van der Waals surface area (Å²) in [4.78, 5) is 0. The fourth-order valence-electron chi connectivity index (χ4n) is 3.56. The highest BCUT2D eigenvalue weighted by Crippen LogP contribution is 2.38. The van der Waals surface area contributed by atoms with E-state index in [0.29, 0.717) is 11.5 Å². The molecule has 3 N–H and O–H groups in total. The lowest BCUT2D eigenvalue weighted by atomic mass is 9.75. The van der Waals surface area contributed by atoms with Crippen molar-refractivity contribution in [2.24, 2.45) is 17.7 Å². The average molecular weight is 296 g/mol. The molecule has 1 fully saturated rings. The second-order valence-corrected chi connectivity index (χ2v) is 6.27. The highest BCUT2D eigenvalue weighted by molar-refractivity contribution is 5.22. The van der Waals surface area contributed by atoms with Crippen LogP contribution in [0.3, 0.4) is 0 Å². The summed E-state index contributed by atoms with van der Waals surface area (Å²) in [6, 6.07) is 3.51. The van der Waals surface area contributed by atoms with E-state index in [-0.39, 0.29) is 6.04 Å². The van der Waals surface area contributed by atoms with Gasteiger partial charge < -0.3 is 0 Å². The molecule has 21 heavy (non-hydrogen) atoms. The van der Waals surface area contributed by atoms with Crippen LogP contribution in [0.1, 0.15) is 63.5 Å². The monoisotopic (exact) mass is 296 g/mol. The molecule has 1 saturated carbocycles. The Hall–Kier alpha value is -1.00. The number of hydrogen-bond donors (Lipinski definition) is 2. The third-order valence-corrected chi connectivity index (χ3v) is 4.75. The van der Waals surface area contributed by atoms with Crippen LogP contribution in [0.25, 0.3) is 0 Å². The lowest BCUT2D eigenvalue weighted by molar-refractivity contribution is 0.213. The fourth-order valence-corrected chi connectivity index (χ4v) is 3.56. The predicted molar refractivity (Wildman–Crippen MR) is 81.4 cm³/mol. The van der Waals surface area contributed by atoms with Gasteiger partial charge in [0.1, 0.15) is 11.6 Å². The Kier molecular flexibility index (Phi) is 6.12. The van der Waals surface area contributed by atoms with Crippen molar-refractivity contribution in [3.8, 4) is 0 Å². The van der Waals surface area contributed by atoms with Crippen molar-refractivity contribution in [3.63, 3.8) is 0 Å². The molecule has 0 amide bonds. The summed E-state index contributed by atoms with van der Waals surface area (Å²) in [5.41, 5.74) is 3.38. The van der Waals surface area contributed by atoms with E-state index in [2.05, 4.69) is 12.3 Å². The van der Waals surface area contributed by atoms with Gasteiger partial charge in [0.05, 0.1) is 0 Å². The first kappa shape index (κ1) is 16.4. The van der Waals surface area contributed by atoms with Gasteiger partial charge in [0.25, 0.3) is 0 Å². The van der Waals surface area contributed by atoms with E-state index < -0.39 is 11.6 Å². The smallest absolute Gasteiger partial charge is 0.126 e. The molecular formula is C17H26F2N2. The van der Waals surface area contributed by atoms with Gasteiger partial charge >= 0.3 is 0 Å². The maximum atomic E-state index is 13.4. The molecular weight excluding hydrogens is 270 g/mol. The molecule has 2 nitrogen and oxygen atoms in total. The molecule has 0 aliphatic heterocycles. The van der Waals surface area contributed by atoms with Gasteiger partial charge in [0.2, 0.25) is 0 Å². The van der Waals surface area contributed by atoms with Crippen molar-refractivity contribution >= 4 is 0 Å². The van der Waals surface area contributed by atoms with Gasteiger partial charge in [-0.05, 0) is 42.4 Å². The number of unbranched alkanes of at least 4 members (excludes halogenated alkanes) is 1. The van der Waals surface area contributed by atoms with Crippen LogP contribution in [0.2, 0.25) is 0 Å². The first-order valence-electron chi connectivity index (χ1n) is 8.06. The molecule has 2 rings (SSSR count). The lowest BCUT2D eigenvalue weighted by Gasteiger charge is -2.34. The lowest BCUT2D eigenvalue weighted by Crippen LogP contribution is -2.35. The van der Waals surface area contributed by atoms with Crippen molar-refractivity contribution in [3.05, 3.63) is 35.4 Å². The topological polar surface area (TPSA) is 38.0 Å². The van der Waals surface area contributed by atoms with Crippen LogP contribution in [-0.2, 0) is 0 Å². The highest BCUT2D eigenvalue weighted by atomic mass is 19.1. The van der Waals surface area contributed by atoms with E-state index >= 15 is 0 Å². The molecule has 0 spiro atoms. The molecule has 0 radical (unpaired) electrons. The van der Waals surface area contributed by atoms with Crippen molar-refractivity contribution in [2.75, 3.05) is 0 Å². The molecule has 0 bridgehead atoms. The van der Waals surface area contributed by atoms with E-state index in [4.69, 9.17) is 5.84 Å². The predicted octanol–water partition coefficient (Wildman–Crippen LogP) is 4.47. The molecule has 1 aliphatic carbocycles.